The van der Waals surface area contributed by atoms with Crippen molar-refractivity contribution >= 4 is 5.96 Å². The summed E-state index contributed by atoms with van der Waals surface area (Å²) >= 11 is 0. The number of nitrogens with zero attached hydrogens (tertiary/aromatic N) is 5. The van der Waals surface area contributed by atoms with Crippen LogP contribution in [0.5, 0.6) is 0 Å². The number of morpholine rings is 1. The fourth-order valence-corrected chi connectivity index (χ4v) is 2.64. The van der Waals surface area contributed by atoms with Crippen LogP contribution in [0.15, 0.2) is 11.3 Å². The lowest BCUT2D eigenvalue weighted by atomic mass is 10.2. The summed E-state index contributed by atoms with van der Waals surface area (Å²) in [4.78, 5) is 7.10. The van der Waals surface area contributed by atoms with Crippen LogP contribution in [0.3, 0.4) is 0 Å². The second-order valence-electron chi connectivity index (χ2n) is 6.68. The molecule has 1 aromatic rings. The van der Waals surface area contributed by atoms with Crippen LogP contribution in [0, 0.1) is 5.92 Å². The van der Waals surface area contributed by atoms with Gasteiger partial charge >= 0.3 is 0 Å². The van der Waals surface area contributed by atoms with Gasteiger partial charge in [-0.05, 0) is 5.92 Å². The SMILES string of the molecule is CCc1nncn1CCNC(=NCC(C)C)NCCN1CCOCC1. The summed E-state index contributed by atoms with van der Waals surface area (Å²) in [5.74, 6) is 2.44. The first kappa shape index (κ1) is 19.7. The zero-order valence-electron chi connectivity index (χ0n) is 15.9. The molecule has 0 bridgehead atoms. The van der Waals surface area contributed by atoms with Gasteiger partial charge < -0.3 is 19.9 Å². The minimum atomic E-state index is 0.544. The van der Waals surface area contributed by atoms with Crippen LogP contribution in [-0.4, -0.2) is 78.1 Å². The molecule has 0 atom stereocenters. The number of aryl methyl sites for hydroxylation is 1. The highest BCUT2D eigenvalue weighted by atomic mass is 16.5. The zero-order chi connectivity index (χ0) is 17.9. The quantitative estimate of drug-likeness (QED) is 0.494. The van der Waals surface area contributed by atoms with E-state index in [4.69, 9.17) is 4.74 Å². The van der Waals surface area contributed by atoms with Crippen LogP contribution >= 0.6 is 0 Å². The Bertz CT molecular complexity index is 509. The minimum absolute atomic E-state index is 0.544. The number of aromatic nitrogens is 3. The van der Waals surface area contributed by atoms with E-state index in [-0.39, 0.29) is 0 Å². The Balaban J connectivity index is 1.75. The molecule has 2 heterocycles. The molecule has 0 aromatic carbocycles. The molecule has 142 valence electrons. The summed E-state index contributed by atoms with van der Waals surface area (Å²) in [6, 6.07) is 0. The first-order valence-corrected chi connectivity index (χ1v) is 9.38. The number of hydrogen-bond donors (Lipinski definition) is 2. The summed E-state index contributed by atoms with van der Waals surface area (Å²) in [5, 5.41) is 15.0. The standard InChI is InChI=1S/C17H33N7O/c1-4-16-22-21-14-24(16)8-6-19-17(20-13-15(2)3)18-5-7-23-9-11-25-12-10-23/h14-15H,4-13H2,1-3H3,(H2,18,19,20). The summed E-state index contributed by atoms with van der Waals surface area (Å²) in [7, 11) is 0. The maximum Gasteiger partial charge on any atom is 0.191 e. The van der Waals surface area contributed by atoms with Gasteiger partial charge in [0, 0.05) is 52.2 Å². The Labute approximate surface area is 151 Å². The smallest absolute Gasteiger partial charge is 0.191 e. The van der Waals surface area contributed by atoms with Crippen LogP contribution in [0.2, 0.25) is 0 Å². The Kier molecular flexibility index (Phi) is 8.68. The normalized spacial score (nSPS) is 16.4. The van der Waals surface area contributed by atoms with E-state index in [9.17, 15) is 0 Å². The molecule has 1 aromatic heterocycles. The molecule has 1 fully saturated rings. The molecule has 0 unspecified atom stereocenters. The van der Waals surface area contributed by atoms with Crippen molar-refractivity contribution in [2.45, 2.75) is 33.7 Å². The van der Waals surface area contributed by atoms with Gasteiger partial charge in [-0.2, -0.15) is 0 Å². The number of nitrogens with one attached hydrogen (secondary N) is 2. The van der Waals surface area contributed by atoms with Crippen LogP contribution in [0.1, 0.15) is 26.6 Å². The van der Waals surface area contributed by atoms with Crippen molar-refractivity contribution in [3.05, 3.63) is 12.2 Å². The van der Waals surface area contributed by atoms with E-state index < -0.39 is 0 Å². The van der Waals surface area contributed by atoms with Gasteiger partial charge in [-0.25, -0.2) is 0 Å². The van der Waals surface area contributed by atoms with Crippen molar-refractivity contribution in [1.29, 1.82) is 0 Å². The molecule has 0 radical (unpaired) electrons. The second-order valence-corrected chi connectivity index (χ2v) is 6.68. The van der Waals surface area contributed by atoms with Crippen LogP contribution < -0.4 is 10.6 Å². The van der Waals surface area contributed by atoms with E-state index in [2.05, 4.69) is 56.1 Å². The first-order valence-electron chi connectivity index (χ1n) is 9.38. The van der Waals surface area contributed by atoms with Gasteiger partial charge in [-0.1, -0.05) is 20.8 Å². The minimum Gasteiger partial charge on any atom is -0.379 e. The lowest BCUT2D eigenvalue weighted by molar-refractivity contribution is 0.0389. The molecule has 1 aliphatic rings. The molecular formula is C17H33N7O. The van der Waals surface area contributed by atoms with Crippen molar-refractivity contribution in [2.75, 3.05) is 52.5 Å². The fraction of sp³-hybridized carbons (Fsp3) is 0.824. The van der Waals surface area contributed by atoms with Gasteiger partial charge in [0.25, 0.3) is 0 Å². The molecule has 8 nitrogen and oxygen atoms in total. The lowest BCUT2D eigenvalue weighted by Gasteiger charge is -2.26. The average molecular weight is 351 g/mol. The Morgan fingerprint density at radius 1 is 1.24 bits per heavy atom. The predicted molar refractivity (Wildman–Crippen MR) is 99.8 cm³/mol. The van der Waals surface area contributed by atoms with E-state index >= 15 is 0 Å². The highest BCUT2D eigenvalue weighted by Gasteiger charge is 2.10. The van der Waals surface area contributed by atoms with Crippen molar-refractivity contribution in [2.24, 2.45) is 10.9 Å². The van der Waals surface area contributed by atoms with Crippen molar-refractivity contribution in [1.82, 2.24) is 30.3 Å². The molecule has 0 aliphatic carbocycles. The van der Waals surface area contributed by atoms with E-state index in [0.29, 0.717) is 5.92 Å². The topological polar surface area (TPSA) is 79.6 Å². The van der Waals surface area contributed by atoms with Gasteiger partial charge in [0.05, 0.1) is 13.2 Å². The maximum absolute atomic E-state index is 5.39. The zero-order valence-corrected chi connectivity index (χ0v) is 15.9. The van der Waals surface area contributed by atoms with Crippen molar-refractivity contribution in [3.63, 3.8) is 0 Å². The third-order valence-electron chi connectivity index (χ3n) is 4.10. The van der Waals surface area contributed by atoms with Gasteiger partial charge in [-0.15, -0.1) is 10.2 Å². The summed E-state index contributed by atoms with van der Waals surface area (Å²) in [5.41, 5.74) is 0. The predicted octanol–water partition coefficient (Wildman–Crippen LogP) is 0.364. The molecule has 8 heteroatoms. The number of hydrogen-bond acceptors (Lipinski definition) is 5. The molecule has 2 N–H and O–H groups in total. The molecule has 1 saturated heterocycles. The van der Waals surface area contributed by atoms with Gasteiger partial charge in [-0.3, -0.25) is 9.89 Å². The molecule has 0 saturated carbocycles. The summed E-state index contributed by atoms with van der Waals surface area (Å²) < 4.78 is 7.47. The molecule has 0 amide bonds. The van der Waals surface area contributed by atoms with Crippen LogP contribution in [-0.2, 0) is 17.7 Å². The van der Waals surface area contributed by atoms with E-state index in [1.165, 1.54) is 0 Å². The number of ether oxygens (including phenoxy) is 1. The highest BCUT2D eigenvalue weighted by molar-refractivity contribution is 5.79. The van der Waals surface area contributed by atoms with Crippen molar-refractivity contribution < 1.29 is 4.74 Å². The third kappa shape index (κ3) is 7.39. The van der Waals surface area contributed by atoms with Gasteiger partial charge in [0.2, 0.25) is 0 Å². The maximum atomic E-state index is 5.39. The van der Waals surface area contributed by atoms with Gasteiger partial charge in [0.1, 0.15) is 12.2 Å². The van der Waals surface area contributed by atoms with E-state index in [0.717, 1.165) is 77.2 Å². The molecule has 0 spiro atoms. The first-order chi connectivity index (χ1) is 12.2. The van der Waals surface area contributed by atoms with E-state index in [1.54, 1.807) is 6.33 Å². The second kappa shape index (κ2) is 11.0. The Morgan fingerprint density at radius 2 is 1.96 bits per heavy atom. The fourth-order valence-electron chi connectivity index (χ4n) is 2.64. The highest BCUT2D eigenvalue weighted by Crippen LogP contribution is 1.96. The molecule has 2 rings (SSSR count). The van der Waals surface area contributed by atoms with Crippen LogP contribution in [0.25, 0.3) is 0 Å². The van der Waals surface area contributed by atoms with Crippen molar-refractivity contribution in [3.8, 4) is 0 Å². The number of aliphatic imine (C=N–C) groups is 1. The summed E-state index contributed by atoms with van der Waals surface area (Å²) in [6.45, 7) is 14.5. The summed E-state index contributed by atoms with van der Waals surface area (Å²) in [6.07, 6.45) is 2.68. The molecule has 25 heavy (non-hydrogen) atoms. The molecular weight excluding hydrogens is 318 g/mol. The largest absolute Gasteiger partial charge is 0.379 e. The number of guanidine groups is 1. The van der Waals surface area contributed by atoms with Crippen LogP contribution in [0.4, 0.5) is 0 Å². The molecule has 1 aliphatic heterocycles. The third-order valence-corrected chi connectivity index (χ3v) is 4.10. The lowest BCUT2D eigenvalue weighted by Crippen LogP contribution is -2.45. The van der Waals surface area contributed by atoms with E-state index in [1.807, 2.05) is 0 Å². The average Bonchev–Trinajstić information content (AvgIpc) is 3.07. The Morgan fingerprint density at radius 3 is 2.64 bits per heavy atom. The Hall–Kier alpha value is -1.67. The van der Waals surface area contributed by atoms with Gasteiger partial charge in [0.15, 0.2) is 5.96 Å². The number of rotatable bonds is 9. The monoisotopic (exact) mass is 351 g/mol.